The zero-order valence-electron chi connectivity index (χ0n) is 11.0. The van der Waals surface area contributed by atoms with Crippen LogP contribution in [0.5, 0.6) is 0 Å². The Hall–Kier alpha value is -1.43. The molecule has 5 heteroatoms. The van der Waals surface area contributed by atoms with Crippen LogP contribution < -0.4 is 0 Å². The van der Waals surface area contributed by atoms with Gasteiger partial charge >= 0.3 is 0 Å². The number of nitrogens with zero attached hydrogens (tertiary/aromatic N) is 3. The molecule has 0 saturated heterocycles. The summed E-state index contributed by atoms with van der Waals surface area (Å²) in [4.78, 5) is 7.09. The molecule has 0 atom stereocenters. The number of thiophene rings is 2. The third-order valence-electron chi connectivity index (χ3n) is 3.75. The summed E-state index contributed by atoms with van der Waals surface area (Å²) in [6.45, 7) is 4.10. The molecule has 0 unspecified atom stereocenters. The topological polar surface area (TPSA) is 21.1 Å². The molecule has 1 aliphatic rings. The van der Waals surface area contributed by atoms with E-state index in [9.17, 15) is 0 Å². The molecule has 0 aromatic carbocycles. The molecule has 4 heterocycles. The number of fused-ring (bicyclic) bond motifs is 1. The first-order chi connectivity index (χ1) is 9.90. The van der Waals surface area contributed by atoms with E-state index in [2.05, 4.69) is 48.1 Å². The molecule has 0 spiro atoms. The summed E-state index contributed by atoms with van der Waals surface area (Å²) in [6.07, 6.45) is 2.02. The molecule has 0 N–H and O–H groups in total. The molecule has 0 saturated carbocycles. The molecule has 3 aromatic rings. The van der Waals surface area contributed by atoms with Crippen LogP contribution in [-0.2, 0) is 19.6 Å². The van der Waals surface area contributed by atoms with Gasteiger partial charge in [-0.25, -0.2) is 4.98 Å². The van der Waals surface area contributed by atoms with Gasteiger partial charge in [-0.2, -0.15) is 22.7 Å². The molecule has 0 radical (unpaired) electrons. The summed E-state index contributed by atoms with van der Waals surface area (Å²) in [5.74, 6) is 1.19. The van der Waals surface area contributed by atoms with Gasteiger partial charge in [0.1, 0.15) is 5.82 Å². The van der Waals surface area contributed by atoms with Crippen molar-refractivity contribution in [3.05, 3.63) is 51.2 Å². The molecular weight excluding hydrogens is 286 g/mol. The summed E-state index contributed by atoms with van der Waals surface area (Å²) in [7, 11) is 0. The molecule has 3 nitrogen and oxygen atoms in total. The van der Waals surface area contributed by atoms with Gasteiger partial charge in [0.25, 0.3) is 0 Å². The molecule has 3 aromatic heterocycles. The van der Waals surface area contributed by atoms with Gasteiger partial charge in [-0.1, -0.05) is 0 Å². The zero-order valence-corrected chi connectivity index (χ0v) is 12.7. The molecule has 0 aliphatic carbocycles. The van der Waals surface area contributed by atoms with Crippen molar-refractivity contribution < 1.29 is 0 Å². The van der Waals surface area contributed by atoms with Gasteiger partial charge in [0.15, 0.2) is 0 Å². The summed E-state index contributed by atoms with van der Waals surface area (Å²) >= 11 is 3.51. The van der Waals surface area contributed by atoms with Crippen molar-refractivity contribution in [2.45, 2.75) is 19.6 Å². The predicted molar refractivity (Wildman–Crippen MR) is 84.0 cm³/mol. The summed E-state index contributed by atoms with van der Waals surface area (Å²) < 4.78 is 2.37. The third kappa shape index (κ3) is 2.22. The molecule has 102 valence electrons. The van der Waals surface area contributed by atoms with Gasteiger partial charge in [0.2, 0.25) is 0 Å². The summed E-state index contributed by atoms with van der Waals surface area (Å²) in [6, 6.07) is 4.38. The van der Waals surface area contributed by atoms with E-state index in [1.165, 1.54) is 22.6 Å². The lowest BCUT2D eigenvalue weighted by Gasteiger charge is -2.28. The van der Waals surface area contributed by atoms with Crippen molar-refractivity contribution in [1.29, 1.82) is 0 Å². The summed E-state index contributed by atoms with van der Waals surface area (Å²) in [5.41, 5.74) is 3.96. The normalized spacial score (nSPS) is 15.4. The lowest BCUT2D eigenvalue weighted by atomic mass is 10.2. The fourth-order valence-corrected chi connectivity index (χ4v) is 4.04. The molecule has 0 amide bonds. The summed E-state index contributed by atoms with van der Waals surface area (Å²) in [5, 5.41) is 8.70. The van der Waals surface area contributed by atoms with Crippen LogP contribution in [-0.4, -0.2) is 21.0 Å². The average Bonchev–Trinajstić information content (AvgIpc) is 3.19. The van der Waals surface area contributed by atoms with E-state index >= 15 is 0 Å². The van der Waals surface area contributed by atoms with Gasteiger partial charge in [-0.3, -0.25) is 4.90 Å². The van der Waals surface area contributed by atoms with E-state index < -0.39 is 0 Å². The number of rotatable bonds is 3. The van der Waals surface area contributed by atoms with Crippen molar-refractivity contribution >= 4 is 22.7 Å². The minimum Gasteiger partial charge on any atom is -0.326 e. The van der Waals surface area contributed by atoms with E-state index in [4.69, 9.17) is 0 Å². The van der Waals surface area contributed by atoms with Crippen molar-refractivity contribution in [3.8, 4) is 11.3 Å². The minimum absolute atomic E-state index is 0.944. The standard InChI is InChI=1S/C15H15N3S2/c1-5-19-10-12(1)8-17-3-4-18-14(7-16-15(18)9-17)13-2-6-20-11-13/h1-2,5-7,10-11H,3-4,8-9H2. The van der Waals surface area contributed by atoms with Crippen LogP contribution in [0, 0.1) is 0 Å². The Morgan fingerprint density at radius 1 is 1.10 bits per heavy atom. The second-order valence-corrected chi connectivity index (χ2v) is 6.63. The van der Waals surface area contributed by atoms with Crippen molar-refractivity contribution in [2.24, 2.45) is 0 Å². The monoisotopic (exact) mass is 301 g/mol. The Balaban J connectivity index is 1.56. The number of hydrogen-bond donors (Lipinski definition) is 0. The van der Waals surface area contributed by atoms with Crippen LogP contribution in [0.15, 0.2) is 39.8 Å². The SMILES string of the molecule is c1cc(CN2CCn3c(-c4ccsc4)cnc3C2)cs1. The fourth-order valence-electron chi connectivity index (χ4n) is 2.73. The van der Waals surface area contributed by atoms with Crippen LogP contribution in [0.25, 0.3) is 11.3 Å². The van der Waals surface area contributed by atoms with Crippen LogP contribution in [0.3, 0.4) is 0 Å². The van der Waals surface area contributed by atoms with Crippen molar-refractivity contribution in [2.75, 3.05) is 6.54 Å². The molecule has 20 heavy (non-hydrogen) atoms. The van der Waals surface area contributed by atoms with Gasteiger partial charge in [-0.15, -0.1) is 0 Å². The lowest BCUT2D eigenvalue weighted by molar-refractivity contribution is 0.210. The van der Waals surface area contributed by atoms with Gasteiger partial charge in [0, 0.05) is 30.6 Å². The number of imidazole rings is 1. The molecular formula is C15H15N3S2. The first kappa shape index (κ1) is 12.3. The van der Waals surface area contributed by atoms with Crippen molar-refractivity contribution in [1.82, 2.24) is 14.5 Å². The third-order valence-corrected chi connectivity index (χ3v) is 5.16. The van der Waals surface area contributed by atoms with Crippen LogP contribution in [0.1, 0.15) is 11.4 Å². The Bertz CT molecular complexity index is 683. The highest BCUT2D eigenvalue weighted by atomic mass is 32.1. The van der Waals surface area contributed by atoms with E-state index in [-0.39, 0.29) is 0 Å². The number of hydrogen-bond acceptors (Lipinski definition) is 4. The first-order valence-corrected chi connectivity index (χ1v) is 8.59. The predicted octanol–water partition coefficient (Wildman–Crippen LogP) is 3.69. The van der Waals surface area contributed by atoms with E-state index in [0.717, 1.165) is 26.2 Å². The van der Waals surface area contributed by atoms with Crippen LogP contribution in [0.2, 0.25) is 0 Å². The second-order valence-electron chi connectivity index (χ2n) is 5.07. The minimum atomic E-state index is 0.944. The van der Waals surface area contributed by atoms with Crippen LogP contribution >= 0.6 is 22.7 Å². The van der Waals surface area contributed by atoms with Crippen molar-refractivity contribution in [3.63, 3.8) is 0 Å². The smallest absolute Gasteiger partial charge is 0.123 e. The quantitative estimate of drug-likeness (QED) is 0.735. The Kier molecular flexibility index (Phi) is 3.18. The Morgan fingerprint density at radius 3 is 2.80 bits per heavy atom. The van der Waals surface area contributed by atoms with Crippen LogP contribution in [0.4, 0.5) is 0 Å². The highest BCUT2D eigenvalue weighted by molar-refractivity contribution is 7.08. The molecule has 0 fully saturated rings. The second kappa shape index (κ2) is 5.16. The van der Waals surface area contributed by atoms with E-state index in [1.807, 2.05) is 6.20 Å². The van der Waals surface area contributed by atoms with Gasteiger partial charge in [0.05, 0.1) is 18.4 Å². The highest BCUT2D eigenvalue weighted by Gasteiger charge is 2.20. The lowest BCUT2D eigenvalue weighted by Crippen LogP contribution is -2.33. The average molecular weight is 301 g/mol. The van der Waals surface area contributed by atoms with E-state index in [1.54, 1.807) is 22.7 Å². The maximum absolute atomic E-state index is 4.62. The highest BCUT2D eigenvalue weighted by Crippen LogP contribution is 2.26. The Morgan fingerprint density at radius 2 is 2.00 bits per heavy atom. The largest absolute Gasteiger partial charge is 0.326 e. The fraction of sp³-hybridized carbons (Fsp3) is 0.267. The van der Waals surface area contributed by atoms with Gasteiger partial charge in [-0.05, 0) is 33.8 Å². The first-order valence-electron chi connectivity index (χ1n) is 6.70. The van der Waals surface area contributed by atoms with Gasteiger partial charge < -0.3 is 4.57 Å². The Labute approximate surface area is 126 Å². The number of aromatic nitrogens is 2. The maximum atomic E-state index is 4.62. The zero-order chi connectivity index (χ0) is 13.4. The van der Waals surface area contributed by atoms with E-state index in [0.29, 0.717) is 0 Å². The molecule has 1 aliphatic heterocycles. The molecule has 4 rings (SSSR count). The molecule has 0 bridgehead atoms. The maximum Gasteiger partial charge on any atom is 0.123 e.